The Labute approximate surface area is 71.1 Å². The van der Waals surface area contributed by atoms with E-state index in [1.54, 1.807) is 12.1 Å². The molecule has 0 aliphatic carbocycles. The van der Waals surface area contributed by atoms with Crippen LogP contribution in [-0.4, -0.2) is 12.7 Å². The molecule has 0 unspecified atom stereocenters. The molecule has 11 heavy (non-hydrogen) atoms. The minimum atomic E-state index is 0.467. The summed E-state index contributed by atoms with van der Waals surface area (Å²) in [7, 11) is 0.612. The van der Waals surface area contributed by atoms with Gasteiger partial charge >= 0.3 is 7.69 Å². The maximum atomic E-state index is 8.33. The largest absolute Gasteiger partial charge is 0.569 e. The molecule has 0 saturated carbocycles. The third-order valence-electron chi connectivity index (χ3n) is 1.27. The molecule has 1 N–H and O–H groups in total. The van der Waals surface area contributed by atoms with Crippen molar-refractivity contribution in [1.29, 1.82) is 0 Å². The number of aryl methyl sites for hydroxylation is 1. The lowest BCUT2D eigenvalue weighted by Gasteiger charge is -2.03. The van der Waals surface area contributed by atoms with Crippen molar-refractivity contribution in [3.05, 3.63) is 28.8 Å². The van der Waals surface area contributed by atoms with Gasteiger partial charge in [0.15, 0.2) is 0 Å². The standard InChI is InChI=1S/C7H7BClO2/c1-5-2-3-6(9)7(4-5)11-8-10/h2-4,10H,1H3. The zero-order valence-corrected chi connectivity index (χ0v) is 6.80. The molecule has 1 radical (unpaired) electrons. The van der Waals surface area contributed by atoms with Crippen LogP contribution in [-0.2, 0) is 0 Å². The first kappa shape index (κ1) is 8.43. The Bertz CT molecular complexity index is 252. The molecule has 0 amide bonds. The van der Waals surface area contributed by atoms with Gasteiger partial charge in [0, 0.05) is 0 Å². The summed E-state index contributed by atoms with van der Waals surface area (Å²) in [5, 5.41) is 8.82. The van der Waals surface area contributed by atoms with Gasteiger partial charge in [-0.2, -0.15) is 0 Å². The summed E-state index contributed by atoms with van der Waals surface area (Å²) in [6, 6.07) is 5.33. The lowest BCUT2D eigenvalue weighted by molar-refractivity contribution is 0.454. The van der Waals surface area contributed by atoms with Gasteiger partial charge in [-0.3, -0.25) is 0 Å². The fourth-order valence-electron chi connectivity index (χ4n) is 0.758. The molecular formula is C7H7BClO2. The average molecular weight is 169 g/mol. The Hall–Kier alpha value is -0.665. The highest BCUT2D eigenvalue weighted by Crippen LogP contribution is 2.24. The van der Waals surface area contributed by atoms with E-state index in [1.807, 2.05) is 13.0 Å². The minimum Gasteiger partial charge on any atom is -0.536 e. The molecule has 0 bridgehead atoms. The van der Waals surface area contributed by atoms with Crippen LogP contribution in [0, 0.1) is 6.92 Å². The Balaban J connectivity index is 2.93. The highest BCUT2D eigenvalue weighted by molar-refractivity contribution is 6.32. The number of hydrogen-bond acceptors (Lipinski definition) is 2. The second-order valence-electron chi connectivity index (χ2n) is 2.16. The van der Waals surface area contributed by atoms with Crippen molar-refractivity contribution in [1.82, 2.24) is 0 Å². The topological polar surface area (TPSA) is 29.5 Å². The Morgan fingerprint density at radius 1 is 1.55 bits per heavy atom. The lowest BCUT2D eigenvalue weighted by Crippen LogP contribution is -2.00. The second kappa shape index (κ2) is 3.65. The Kier molecular flexibility index (Phi) is 2.80. The molecular weight excluding hydrogens is 162 g/mol. The van der Waals surface area contributed by atoms with Crippen LogP contribution in [0.3, 0.4) is 0 Å². The molecule has 2 nitrogen and oxygen atoms in total. The van der Waals surface area contributed by atoms with E-state index in [0.717, 1.165) is 5.56 Å². The monoisotopic (exact) mass is 169 g/mol. The number of hydrogen-bond donors (Lipinski definition) is 1. The maximum Gasteiger partial charge on any atom is 0.569 e. The number of rotatable bonds is 2. The molecule has 4 heteroatoms. The molecule has 1 aromatic rings. The summed E-state index contributed by atoms with van der Waals surface area (Å²) in [5.74, 6) is 0.467. The van der Waals surface area contributed by atoms with Crippen LogP contribution < -0.4 is 4.65 Å². The first-order valence-electron chi connectivity index (χ1n) is 3.13. The first-order valence-corrected chi connectivity index (χ1v) is 3.50. The van der Waals surface area contributed by atoms with Crippen LogP contribution in [0.4, 0.5) is 0 Å². The van der Waals surface area contributed by atoms with E-state index in [2.05, 4.69) is 0 Å². The van der Waals surface area contributed by atoms with Gasteiger partial charge in [0.1, 0.15) is 5.75 Å². The van der Waals surface area contributed by atoms with Gasteiger partial charge in [-0.05, 0) is 24.6 Å². The zero-order chi connectivity index (χ0) is 8.27. The molecule has 0 aromatic heterocycles. The van der Waals surface area contributed by atoms with Crippen molar-refractivity contribution in [2.24, 2.45) is 0 Å². The van der Waals surface area contributed by atoms with Crippen LogP contribution >= 0.6 is 11.6 Å². The van der Waals surface area contributed by atoms with Gasteiger partial charge in [0.05, 0.1) is 5.02 Å². The highest BCUT2D eigenvalue weighted by atomic mass is 35.5. The summed E-state index contributed by atoms with van der Waals surface area (Å²) in [6.07, 6.45) is 0. The predicted octanol–water partition coefficient (Wildman–Crippen LogP) is 1.55. The van der Waals surface area contributed by atoms with E-state index in [9.17, 15) is 0 Å². The summed E-state index contributed by atoms with van der Waals surface area (Å²) in [5.41, 5.74) is 1.03. The first-order chi connectivity index (χ1) is 5.24. The molecule has 0 spiro atoms. The number of halogens is 1. The van der Waals surface area contributed by atoms with Gasteiger partial charge in [0.2, 0.25) is 0 Å². The van der Waals surface area contributed by atoms with E-state index in [-0.39, 0.29) is 0 Å². The van der Waals surface area contributed by atoms with E-state index < -0.39 is 0 Å². The SMILES string of the molecule is Cc1ccc(Cl)c(O[B]O)c1. The van der Waals surface area contributed by atoms with Crippen molar-refractivity contribution < 1.29 is 9.68 Å². The lowest BCUT2D eigenvalue weighted by atomic mass is 10.2. The molecule has 1 rings (SSSR count). The summed E-state index contributed by atoms with van der Waals surface area (Å²) in [4.78, 5) is 0. The van der Waals surface area contributed by atoms with E-state index in [1.165, 1.54) is 0 Å². The Morgan fingerprint density at radius 2 is 2.27 bits per heavy atom. The average Bonchev–Trinajstić information content (AvgIpc) is 1.98. The van der Waals surface area contributed by atoms with Crippen molar-refractivity contribution >= 4 is 19.3 Å². The maximum absolute atomic E-state index is 8.33. The van der Waals surface area contributed by atoms with E-state index in [0.29, 0.717) is 18.5 Å². The van der Waals surface area contributed by atoms with Gasteiger partial charge in [-0.1, -0.05) is 17.7 Å². The molecule has 0 fully saturated rings. The molecule has 0 atom stereocenters. The highest BCUT2D eigenvalue weighted by Gasteiger charge is 2.00. The summed E-state index contributed by atoms with van der Waals surface area (Å²) < 4.78 is 4.72. The zero-order valence-electron chi connectivity index (χ0n) is 6.04. The van der Waals surface area contributed by atoms with Crippen molar-refractivity contribution in [2.75, 3.05) is 0 Å². The smallest absolute Gasteiger partial charge is 0.536 e. The number of benzene rings is 1. The normalized spacial score (nSPS) is 9.36. The quantitative estimate of drug-likeness (QED) is 0.681. The van der Waals surface area contributed by atoms with Gasteiger partial charge in [-0.15, -0.1) is 0 Å². The third-order valence-corrected chi connectivity index (χ3v) is 1.58. The molecule has 0 aliphatic heterocycles. The summed E-state index contributed by atoms with van der Waals surface area (Å²) in [6.45, 7) is 1.92. The van der Waals surface area contributed by atoms with Crippen LogP contribution in [0.25, 0.3) is 0 Å². The third kappa shape index (κ3) is 2.14. The minimum absolute atomic E-state index is 0.467. The van der Waals surface area contributed by atoms with Crippen molar-refractivity contribution in [2.45, 2.75) is 6.92 Å². The molecule has 1 aromatic carbocycles. The van der Waals surface area contributed by atoms with Gasteiger partial charge in [0.25, 0.3) is 0 Å². The van der Waals surface area contributed by atoms with Gasteiger partial charge in [-0.25, -0.2) is 0 Å². The molecule has 0 saturated heterocycles. The predicted molar refractivity (Wildman–Crippen MR) is 44.8 cm³/mol. The molecule has 0 heterocycles. The molecule has 57 valence electrons. The van der Waals surface area contributed by atoms with Crippen LogP contribution in [0.5, 0.6) is 5.75 Å². The van der Waals surface area contributed by atoms with Gasteiger partial charge < -0.3 is 9.68 Å². The fourth-order valence-corrected chi connectivity index (χ4v) is 0.920. The Morgan fingerprint density at radius 3 is 2.91 bits per heavy atom. The van der Waals surface area contributed by atoms with Crippen molar-refractivity contribution in [3.8, 4) is 5.75 Å². The summed E-state index contributed by atoms with van der Waals surface area (Å²) >= 11 is 5.72. The fraction of sp³-hybridized carbons (Fsp3) is 0.143. The van der Waals surface area contributed by atoms with E-state index in [4.69, 9.17) is 21.3 Å². The van der Waals surface area contributed by atoms with Crippen LogP contribution in [0.15, 0.2) is 18.2 Å². The van der Waals surface area contributed by atoms with Crippen molar-refractivity contribution in [3.63, 3.8) is 0 Å². The van der Waals surface area contributed by atoms with Crippen LogP contribution in [0.2, 0.25) is 5.02 Å². The second-order valence-corrected chi connectivity index (χ2v) is 2.56. The molecule has 0 aliphatic rings. The van der Waals surface area contributed by atoms with Crippen LogP contribution in [0.1, 0.15) is 5.56 Å². The van der Waals surface area contributed by atoms with E-state index >= 15 is 0 Å².